The topological polar surface area (TPSA) is 33.5 Å². The molecule has 146 valence electrons. The molecule has 0 atom stereocenters. The van der Waals surface area contributed by atoms with Gasteiger partial charge >= 0.3 is 181 Å². The van der Waals surface area contributed by atoms with Crippen molar-refractivity contribution >= 4 is 0 Å². The van der Waals surface area contributed by atoms with E-state index in [9.17, 15) is 0 Å². The van der Waals surface area contributed by atoms with Crippen molar-refractivity contribution in [1.29, 1.82) is 0 Å². The molecule has 0 aliphatic rings. The van der Waals surface area contributed by atoms with Crippen molar-refractivity contribution in [3.8, 4) is 22.5 Å². The van der Waals surface area contributed by atoms with Gasteiger partial charge in [0.1, 0.15) is 0 Å². The predicted octanol–water partition coefficient (Wildman–Crippen LogP) is 3.93. The summed E-state index contributed by atoms with van der Waals surface area (Å²) in [5, 5.41) is 0. The van der Waals surface area contributed by atoms with Crippen LogP contribution in [0.4, 0.5) is 0 Å². The van der Waals surface area contributed by atoms with Gasteiger partial charge in [0.15, 0.2) is 0 Å². The van der Waals surface area contributed by atoms with E-state index in [1.54, 1.807) is 0 Å². The second-order valence-corrected chi connectivity index (χ2v) is 9.80. The molecule has 0 N–H and O–H groups in total. The van der Waals surface area contributed by atoms with Gasteiger partial charge in [-0.1, -0.05) is 0 Å². The summed E-state index contributed by atoms with van der Waals surface area (Å²) in [6.45, 7) is 8.33. The van der Waals surface area contributed by atoms with Crippen molar-refractivity contribution in [2.24, 2.45) is 0 Å². The van der Waals surface area contributed by atoms with Crippen LogP contribution in [0, 0.1) is 27.7 Å². The zero-order chi connectivity index (χ0) is 20.4. The molecule has 4 aromatic rings. The number of nitrogens with zero attached hydrogens (tertiary/aromatic N) is 4. The molecule has 0 aliphatic heterocycles. The van der Waals surface area contributed by atoms with E-state index < -0.39 is 18.2 Å². The summed E-state index contributed by atoms with van der Waals surface area (Å²) < 4.78 is 4.83. The maximum atomic E-state index is 4.75. The third kappa shape index (κ3) is 4.16. The van der Waals surface area contributed by atoms with E-state index in [1.165, 1.54) is 22.5 Å². The Morgan fingerprint density at radius 3 is 1.34 bits per heavy atom. The minimum atomic E-state index is -0.752. The fraction of sp³-hybridized carbons (Fsp3) is 0.167. The summed E-state index contributed by atoms with van der Waals surface area (Å²) in [5.74, 6) is 0. The van der Waals surface area contributed by atoms with Gasteiger partial charge in [-0.05, 0) is 0 Å². The molecule has 0 radical (unpaired) electrons. The Labute approximate surface area is 180 Å². The van der Waals surface area contributed by atoms with Gasteiger partial charge in [-0.25, -0.2) is 0 Å². The number of benzene rings is 2. The third-order valence-electron chi connectivity index (χ3n) is 4.61. The Morgan fingerprint density at radius 1 is 0.586 bits per heavy atom. The van der Waals surface area contributed by atoms with Crippen LogP contribution in [0.3, 0.4) is 0 Å². The second-order valence-electron chi connectivity index (χ2n) is 7.01. The Bertz CT molecular complexity index is 1070. The van der Waals surface area contributed by atoms with Gasteiger partial charge in [0.25, 0.3) is 0 Å². The molecular weight excluding hydrogens is 537 g/mol. The van der Waals surface area contributed by atoms with E-state index >= 15 is 0 Å². The summed E-state index contributed by atoms with van der Waals surface area (Å²) in [6.07, 6.45) is 4.37. The number of rotatable bonds is 4. The zero-order valence-electron chi connectivity index (χ0n) is 17.1. The molecule has 2 heterocycles. The first-order valence-corrected chi connectivity index (χ1v) is 11.7. The fourth-order valence-corrected chi connectivity index (χ4v) is 7.06. The number of hydrogen-bond donors (Lipinski definition) is 0. The molecule has 0 saturated carbocycles. The predicted molar refractivity (Wildman–Crippen MR) is 109 cm³/mol. The van der Waals surface area contributed by atoms with Crippen molar-refractivity contribution in [2.75, 3.05) is 0 Å². The molecule has 0 spiro atoms. The molecule has 0 saturated heterocycles. The maximum absolute atomic E-state index is 4.75. The average Bonchev–Trinajstić information content (AvgIpc) is 2.68. The Balaban J connectivity index is 1.90. The van der Waals surface area contributed by atoms with E-state index in [1.807, 2.05) is 0 Å². The SMILES string of the molecule is Cc1c[n+]([Ir+][n+]2cc(C)nc(C)c2-c2ccccc2)c(-c2ccccc2)c(C)n1. The van der Waals surface area contributed by atoms with Crippen LogP contribution < -0.4 is 6.48 Å². The van der Waals surface area contributed by atoms with Gasteiger partial charge in [0.2, 0.25) is 0 Å². The average molecular weight is 561 g/mol. The molecule has 2 aromatic carbocycles. The Morgan fingerprint density at radius 2 is 0.966 bits per heavy atom. The van der Waals surface area contributed by atoms with Gasteiger partial charge in [0.05, 0.1) is 0 Å². The molecule has 0 unspecified atom stereocenters. The molecule has 4 nitrogen and oxygen atoms in total. The first-order chi connectivity index (χ1) is 14.0. The van der Waals surface area contributed by atoms with E-state index in [0.29, 0.717) is 0 Å². The van der Waals surface area contributed by atoms with E-state index in [0.717, 1.165) is 22.8 Å². The molecule has 0 fully saturated rings. The van der Waals surface area contributed by atoms with Crippen LogP contribution in [0.2, 0.25) is 0 Å². The number of hydrogen-bond acceptors (Lipinski definition) is 2. The van der Waals surface area contributed by atoms with Crippen LogP contribution in [0.5, 0.6) is 0 Å². The van der Waals surface area contributed by atoms with Crippen LogP contribution in [0.1, 0.15) is 22.8 Å². The molecule has 5 heteroatoms. The van der Waals surface area contributed by atoms with Crippen LogP contribution in [0.25, 0.3) is 22.5 Å². The molecule has 0 aliphatic carbocycles. The van der Waals surface area contributed by atoms with E-state index in [2.05, 4.69) is 107 Å². The standard InChI is InChI=1S/2C12H12N2.Ir/c2*1-9-8-13-12(10(2)14-9)11-6-4-3-5-7-11;/h2*3-8H,1-2H3;/q;;+3. The summed E-state index contributed by atoms with van der Waals surface area (Å²) in [5.41, 5.74) is 8.97. The molecule has 29 heavy (non-hydrogen) atoms. The van der Waals surface area contributed by atoms with Crippen LogP contribution in [0.15, 0.2) is 73.1 Å². The Hall–Kier alpha value is -2.75. The van der Waals surface area contributed by atoms with Crippen LogP contribution >= 0.6 is 0 Å². The van der Waals surface area contributed by atoms with Crippen molar-refractivity contribution in [1.82, 2.24) is 9.97 Å². The Kier molecular flexibility index (Phi) is 5.61. The first kappa shape index (κ1) is 19.6. The van der Waals surface area contributed by atoms with Gasteiger partial charge < -0.3 is 0 Å². The summed E-state index contributed by atoms with van der Waals surface area (Å²) in [7, 11) is 0. The zero-order valence-corrected chi connectivity index (χ0v) is 19.4. The summed E-state index contributed by atoms with van der Waals surface area (Å²) in [4.78, 5) is 9.49. The van der Waals surface area contributed by atoms with Gasteiger partial charge in [-0.15, -0.1) is 0 Å². The van der Waals surface area contributed by atoms with Crippen LogP contribution in [-0.4, -0.2) is 9.97 Å². The van der Waals surface area contributed by atoms with Crippen molar-refractivity contribution in [3.05, 3.63) is 95.8 Å². The minimum absolute atomic E-state index is 0.752. The molecular formula is C24H24IrN4+3. The number of aryl methyl sites for hydroxylation is 4. The molecule has 0 bridgehead atoms. The second kappa shape index (κ2) is 8.32. The van der Waals surface area contributed by atoms with Crippen molar-refractivity contribution in [3.63, 3.8) is 0 Å². The quantitative estimate of drug-likeness (QED) is 0.379. The van der Waals surface area contributed by atoms with Gasteiger partial charge in [-0.2, -0.15) is 0 Å². The van der Waals surface area contributed by atoms with Gasteiger partial charge in [-0.3, -0.25) is 0 Å². The van der Waals surface area contributed by atoms with Gasteiger partial charge in [0, 0.05) is 0 Å². The monoisotopic (exact) mass is 561 g/mol. The van der Waals surface area contributed by atoms with E-state index in [4.69, 9.17) is 9.97 Å². The molecule has 4 rings (SSSR count). The molecule has 0 amide bonds. The van der Waals surface area contributed by atoms with E-state index in [-0.39, 0.29) is 0 Å². The first-order valence-electron chi connectivity index (χ1n) is 9.55. The van der Waals surface area contributed by atoms with Crippen LogP contribution in [-0.2, 0) is 18.2 Å². The summed E-state index contributed by atoms with van der Waals surface area (Å²) >= 11 is -0.752. The third-order valence-corrected chi connectivity index (χ3v) is 7.33. The summed E-state index contributed by atoms with van der Waals surface area (Å²) in [6, 6.07) is 21.1. The normalized spacial score (nSPS) is 11.0. The van der Waals surface area contributed by atoms with Crippen molar-refractivity contribution < 1.29 is 24.7 Å². The van der Waals surface area contributed by atoms with Crippen molar-refractivity contribution in [2.45, 2.75) is 27.7 Å². The number of aromatic nitrogens is 4. The fourth-order valence-electron chi connectivity index (χ4n) is 3.46. The molecule has 2 aromatic heterocycles.